The van der Waals surface area contributed by atoms with E-state index in [1.165, 1.54) is 12.1 Å². The number of aromatic nitrogens is 1. The van der Waals surface area contributed by atoms with Crippen molar-refractivity contribution in [3.63, 3.8) is 0 Å². The summed E-state index contributed by atoms with van der Waals surface area (Å²) in [7, 11) is 1.06. The van der Waals surface area contributed by atoms with Crippen LogP contribution in [0.25, 0.3) is 11.1 Å². The van der Waals surface area contributed by atoms with Crippen LogP contribution in [0.2, 0.25) is 0 Å². The van der Waals surface area contributed by atoms with E-state index in [1.54, 1.807) is 30.6 Å². The number of alkyl halides is 3. The number of hydrogen-bond acceptors (Lipinski definition) is 4. The molecule has 0 amide bonds. The lowest BCUT2D eigenvalue weighted by Crippen LogP contribution is -2.46. The van der Waals surface area contributed by atoms with E-state index >= 15 is 0 Å². The summed E-state index contributed by atoms with van der Waals surface area (Å²) in [6, 6.07) is 8.34. The lowest BCUT2D eigenvalue weighted by molar-refractivity contribution is -0.269. The Morgan fingerprint density at radius 2 is 1.96 bits per heavy atom. The van der Waals surface area contributed by atoms with Crippen LogP contribution < -0.4 is 10.1 Å². The molecule has 1 saturated heterocycles. The topological polar surface area (TPSA) is 43.4 Å². The number of benzene rings is 1. The molecule has 2 heterocycles. The highest BCUT2D eigenvalue weighted by atomic mass is 19.4. The Bertz CT molecular complexity index is 762. The van der Waals surface area contributed by atoms with Crippen molar-refractivity contribution in [2.45, 2.75) is 31.2 Å². The molecule has 1 aliphatic rings. The molecule has 0 saturated carbocycles. The molecule has 4 nitrogen and oxygen atoms in total. The first-order valence-corrected chi connectivity index (χ1v) is 8.37. The molecule has 0 unspecified atom stereocenters. The van der Waals surface area contributed by atoms with Gasteiger partial charge in [-0.3, -0.25) is 4.98 Å². The first-order chi connectivity index (χ1) is 12.3. The predicted molar refractivity (Wildman–Crippen MR) is 92.0 cm³/mol. The van der Waals surface area contributed by atoms with Crippen LogP contribution in [0.4, 0.5) is 13.2 Å². The van der Waals surface area contributed by atoms with Gasteiger partial charge in [0.2, 0.25) is 0 Å². The molecule has 1 aromatic carbocycles. The molecule has 1 fully saturated rings. The van der Waals surface area contributed by atoms with Gasteiger partial charge in [-0.15, -0.1) is 0 Å². The summed E-state index contributed by atoms with van der Waals surface area (Å²) < 4.78 is 50.9. The van der Waals surface area contributed by atoms with Gasteiger partial charge in [-0.25, -0.2) is 0 Å². The number of ether oxygens (including phenoxy) is 2. The largest absolute Gasteiger partial charge is 0.490 e. The van der Waals surface area contributed by atoms with Gasteiger partial charge in [0.1, 0.15) is 12.4 Å². The Labute approximate surface area is 150 Å². The molecular formula is C19H21F3N2O2. The van der Waals surface area contributed by atoms with E-state index in [-0.39, 0.29) is 5.56 Å². The van der Waals surface area contributed by atoms with Crippen molar-refractivity contribution in [3.8, 4) is 16.9 Å². The maximum atomic E-state index is 13.4. The summed E-state index contributed by atoms with van der Waals surface area (Å²) in [5.74, 6) is 0.590. The van der Waals surface area contributed by atoms with Gasteiger partial charge < -0.3 is 14.8 Å². The second-order valence-electron chi connectivity index (χ2n) is 6.48. The van der Waals surface area contributed by atoms with E-state index in [2.05, 4.69) is 10.3 Å². The summed E-state index contributed by atoms with van der Waals surface area (Å²) in [5.41, 5.74) is -1.03. The average Bonchev–Trinajstić information content (AvgIpc) is 2.59. The quantitative estimate of drug-likeness (QED) is 0.842. The van der Waals surface area contributed by atoms with E-state index in [4.69, 9.17) is 9.47 Å². The van der Waals surface area contributed by atoms with Gasteiger partial charge in [0.15, 0.2) is 5.60 Å². The maximum absolute atomic E-state index is 13.4. The van der Waals surface area contributed by atoms with Crippen LogP contribution >= 0.6 is 0 Å². The Morgan fingerprint density at radius 3 is 2.58 bits per heavy atom. The molecule has 0 aliphatic carbocycles. The minimum absolute atomic E-state index is 0.0370. The predicted octanol–water partition coefficient (Wildman–Crippen LogP) is 3.91. The zero-order chi connectivity index (χ0) is 18.8. The number of halogens is 3. The van der Waals surface area contributed by atoms with Gasteiger partial charge in [0.05, 0.1) is 6.20 Å². The standard InChI is InChI=1S/C19H21F3N2O2/c1-18(25-2,19(20,21)22)15-5-3-4-13(8-15)14-9-17(11-23-10-14)26-12-16-6-7-24-16/h3-5,8-11,16,24H,6-7,12H2,1-2H3/t16-,18+/m0/s1. The molecule has 2 atom stereocenters. The lowest BCUT2D eigenvalue weighted by atomic mass is 9.92. The van der Waals surface area contributed by atoms with Gasteiger partial charge >= 0.3 is 6.18 Å². The average molecular weight is 366 g/mol. The fourth-order valence-electron chi connectivity index (χ4n) is 2.74. The van der Waals surface area contributed by atoms with Gasteiger partial charge in [-0.05, 0) is 43.1 Å². The third-order valence-corrected chi connectivity index (χ3v) is 4.79. The van der Waals surface area contributed by atoms with Crippen LogP contribution in [-0.2, 0) is 10.3 Å². The normalized spacial score (nSPS) is 19.5. The monoisotopic (exact) mass is 366 g/mol. The Morgan fingerprint density at radius 1 is 1.19 bits per heavy atom. The highest BCUT2D eigenvalue weighted by Crippen LogP contribution is 2.42. The minimum atomic E-state index is -4.53. The molecule has 3 rings (SSSR count). The molecule has 0 spiro atoms. The third-order valence-electron chi connectivity index (χ3n) is 4.79. The van der Waals surface area contributed by atoms with Crippen molar-refractivity contribution in [2.24, 2.45) is 0 Å². The molecule has 1 aliphatic heterocycles. The number of hydrogen-bond donors (Lipinski definition) is 1. The van der Waals surface area contributed by atoms with Crippen molar-refractivity contribution in [1.82, 2.24) is 10.3 Å². The van der Waals surface area contributed by atoms with E-state index in [0.29, 0.717) is 29.5 Å². The summed E-state index contributed by atoms with van der Waals surface area (Å²) >= 11 is 0. The first-order valence-electron chi connectivity index (χ1n) is 8.37. The number of nitrogens with zero attached hydrogens (tertiary/aromatic N) is 1. The van der Waals surface area contributed by atoms with Crippen LogP contribution in [0, 0.1) is 0 Å². The molecule has 1 N–H and O–H groups in total. The maximum Gasteiger partial charge on any atom is 0.421 e. The molecule has 7 heteroatoms. The van der Waals surface area contributed by atoms with E-state index in [0.717, 1.165) is 27.0 Å². The number of nitrogens with one attached hydrogen (secondary N) is 1. The first kappa shape index (κ1) is 18.7. The second kappa shape index (κ2) is 7.25. The van der Waals surface area contributed by atoms with Crippen LogP contribution in [0.15, 0.2) is 42.7 Å². The van der Waals surface area contributed by atoms with Crippen LogP contribution in [-0.4, -0.2) is 37.5 Å². The zero-order valence-electron chi connectivity index (χ0n) is 14.6. The van der Waals surface area contributed by atoms with Crippen molar-refractivity contribution in [2.75, 3.05) is 20.3 Å². The SMILES string of the molecule is CO[C@](C)(c1cccc(-c2cncc(OC[C@@H]3CCN3)c2)c1)C(F)(F)F. The number of pyridine rings is 1. The van der Waals surface area contributed by atoms with Crippen molar-refractivity contribution in [1.29, 1.82) is 0 Å². The molecule has 2 aromatic rings. The van der Waals surface area contributed by atoms with Crippen LogP contribution in [0.1, 0.15) is 18.9 Å². The number of methoxy groups -OCH3 is 1. The Hall–Kier alpha value is -2.12. The molecule has 0 bridgehead atoms. The molecule has 26 heavy (non-hydrogen) atoms. The summed E-state index contributed by atoms with van der Waals surface area (Å²) in [4.78, 5) is 4.14. The molecular weight excluding hydrogens is 345 g/mol. The number of rotatable bonds is 6. The summed E-state index contributed by atoms with van der Waals surface area (Å²) in [6.07, 6.45) is -0.256. The highest BCUT2D eigenvalue weighted by molar-refractivity contribution is 5.65. The van der Waals surface area contributed by atoms with E-state index in [1.807, 2.05) is 0 Å². The molecule has 0 radical (unpaired) electrons. The lowest BCUT2D eigenvalue weighted by Gasteiger charge is -2.31. The Kier molecular flexibility index (Phi) is 5.20. The van der Waals surface area contributed by atoms with Crippen molar-refractivity contribution < 1.29 is 22.6 Å². The summed E-state index contributed by atoms with van der Waals surface area (Å²) in [6.45, 7) is 2.56. The minimum Gasteiger partial charge on any atom is -0.490 e. The molecule has 1 aromatic heterocycles. The third kappa shape index (κ3) is 3.68. The van der Waals surface area contributed by atoms with Crippen LogP contribution in [0.3, 0.4) is 0 Å². The van der Waals surface area contributed by atoms with Gasteiger partial charge in [0.25, 0.3) is 0 Å². The van der Waals surface area contributed by atoms with E-state index in [9.17, 15) is 13.2 Å². The smallest absolute Gasteiger partial charge is 0.421 e. The van der Waals surface area contributed by atoms with Gasteiger partial charge in [0, 0.05) is 24.9 Å². The second-order valence-corrected chi connectivity index (χ2v) is 6.48. The zero-order valence-corrected chi connectivity index (χ0v) is 14.6. The van der Waals surface area contributed by atoms with Crippen molar-refractivity contribution in [3.05, 3.63) is 48.3 Å². The summed E-state index contributed by atoms with van der Waals surface area (Å²) in [5, 5.41) is 3.24. The fourth-order valence-corrected chi connectivity index (χ4v) is 2.74. The van der Waals surface area contributed by atoms with Crippen molar-refractivity contribution >= 4 is 0 Å². The highest BCUT2D eigenvalue weighted by Gasteiger charge is 2.53. The van der Waals surface area contributed by atoms with Gasteiger partial charge in [-0.1, -0.05) is 18.2 Å². The molecule has 140 valence electrons. The van der Waals surface area contributed by atoms with Crippen LogP contribution in [0.5, 0.6) is 5.75 Å². The van der Waals surface area contributed by atoms with E-state index < -0.39 is 11.8 Å². The van der Waals surface area contributed by atoms with Gasteiger partial charge in [-0.2, -0.15) is 13.2 Å². The Balaban J connectivity index is 1.85. The fraction of sp³-hybridized carbons (Fsp3) is 0.421.